The number of amides is 1. The summed E-state index contributed by atoms with van der Waals surface area (Å²) in [6.07, 6.45) is 5.13. The minimum Gasteiger partial charge on any atom is -0.376 e. The van der Waals surface area contributed by atoms with Gasteiger partial charge in [0.05, 0.1) is 24.5 Å². The van der Waals surface area contributed by atoms with E-state index in [1.165, 1.54) is 7.11 Å². The molecule has 7 nitrogen and oxygen atoms in total. The first-order chi connectivity index (χ1) is 9.22. The third-order valence-electron chi connectivity index (χ3n) is 3.11. The first-order valence-corrected chi connectivity index (χ1v) is 6.40. The molecule has 7 heteroatoms. The van der Waals surface area contributed by atoms with E-state index in [0.717, 1.165) is 19.4 Å². The number of nitrogens with zero attached hydrogens (tertiary/aromatic N) is 2. The Morgan fingerprint density at radius 2 is 2.63 bits per heavy atom. The van der Waals surface area contributed by atoms with Crippen LogP contribution in [0.25, 0.3) is 0 Å². The molecule has 1 amide bonds. The molecule has 2 atom stereocenters. The van der Waals surface area contributed by atoms with Crippen LogP contribution in [0.2, 0.25) is 0 Å². The van der Waals surface area contributed by atoms with E-state index in [4.69, 9.17) is 15.2 Å². The fourth-order valence-corrected chi connectivity index (χ4v) is 2.06. The molecule has 1 saturated heterocycles. The smallest absolute Gasteiger partial charge is 0.254 e. The number of anilines is 1. The van der Waals surface area contributed by atoms with Gasteiger partial charge >= 0.3 is 0 Å². The average molecular weight is 268 g/mol. The Labute approximate surface area is 112 Å². The van der Waals surface area contributed by atoms with Crippen molar-refractivity contribution in [1.29, 1.82) is 0 Å². The molecule has 2 heterocycles. The summed E-state index contributed by atoms with van der Waals surface area (Å²) in [4.78, 5) is 11.8. The van der Waals surface area contributed by atoms with Gasteiger partial charge in [0.2, 0.25) is 0 Å². The van der Waals surface area contributed by atoms with E-state index in [9.17, 15) is 4.79 Å². The van der Waals surface area contributed by atoms with Gasteiger partial charge in [-0.2, -0.15) is 5.10 Å². The number of hydrogen-bond donors (Lipinski definition) is 2. The van der Waals surface area contributed by atoms with Gasteiger partial charge in [-0.05, 0) is 12.8 Å². The highest BCUT2D eigenvalue weighted by atomic mass is 16.5. The Balaban J connectivity index is 1.87. The van der Waals surface area contributed by atoms with E-state index in [1.807, 2.05) is 0 Å². The second-order valence-electron chi connectivity index (χ2n) is 4.54. The van der Waals surface area contributed by atoms with Crippen molar-refractivity contribution in [2.75, 3.05) is 25.6 Å². The number of methoxy groups -OCH3 is 1. The predicted molar refractivity (Wildman–Crippen MR) is 69.7 cm³/mol. The first-order valence-electron chi connectivity index (χ1n) is 6.40. The van der Waals surface area contributed by atoms with Gasteiger partial charge in [-0.3, -0.25) is 9.48 Å². The molecule has 0 saturated carbocycles. The molecule has 1 aliphatic rings. The normalized spacial score (nSPS) is 20.4. The highest BCUT2D eigenvalue weighted by molar-refractivity contribution is 5.94. The van der Waals surface area contributed by atoms with Crippen molar-refractivity contribution < 1.29 is 14.3 Å². The molecule has 3 N–H and O–H groups in total. The third-order valence-corrected chi connectivity index (χ3v) is 3.11. The molecule has 1 aliphatic heterocycles. The van der Waals surface area contributed by atoms with E-state index in [2.05, 4.69) is 10.4 Å². The van der Waals surface area contributed by atoms with Crippen LogP contribution >= 0.6 is 0 Å². The van der Waals surface area contributed by atoms with E-state index < -0.39 is 6.10 Å². The van der Waals surface area contributed by atoms with Crippen molar-refractivity contribution in [3.05, 3.63) is 12.4 Å². The molecule has 0 aliphatic carbocycles. The number of ether oxygens (including phenoxy) is 2. The summed E-state index contributed by atoms with van der Waals surface area (Å²) in [5.74, 6) is -0.262. The van der Waals surface area contributed by atoms with Gasteiger partial charge in [0.1, 0.15) is 6.10 Å². The number of hydrogen-bond acceptors (Lipinski definition) is 5. The topological polar surface area (TPSA) is 91.4 Å². The quantitative estimate of drug-likeness (QED) is 0.756. The molecule has 1 aromatic rings. The Hall–Kier alpha value is -1.44. The molecule has 0 aromatic carbocycles. The van der Waals surface area contributed by atoms with Crippen LogP contribution in [0, 0.1) is 0 Å². The molecule has 0 radical (unpaired) electrons. The van der Waals surface area contributed by atoms with E-state index in [-0.39, 0.29) is 18.6 Å². The highest BCUT2D eigenvalue weighted by Crippen LogP contribution is 2.15. The lowest BCUT2D eigenvalue weighted by Gasteiger charge is -2.11. The van der Waals surface area contributed by atoms with Gasteiger partial charge < -0.3 is 20.5 Å². The van der Waals surface area contributed by atoms with Crippen LogP contribution in [0.15, 0.2) is 12.4 Å². The maximum absolute atomic E-state index is 11.8. The Morgan fingerprint density at radius 3 is 3.26 bits per heavy atom. The van der Waals surface area contributed by atoms with E-state index in [1.54, 1.807) is 17.1 Å². The number of nitrogens with two attached hydrogens (primary N) is 1. The maximum atomic E-state index is 11.8. The van der Waals surface area contributed by atoms with Crippen LogP contribution in [-0.2, 0) is 20.8 Å². The van der Waals surface area contributed by atoms with Crippen LogP contribution in [0.3, 0.4) is 0 Å². The molecular formula is C12H20N4O3. The summed E-state index contributed by atoms with van der Waals surface area (Å²) >= 11 is 0. The monoisotopic (exact) mass is 268 g/mol. The second-order valence-corrected chi connectivity index (χ2v) is 4.54. The Kier molecular flexibility index (Phi) is 4.89. The van der Waals surface area contributed by atoms with Gasteiger partial charge in [-0.25, -0.2) is 0 Å². The standard InChI is InChI=1S/C12H20N4O3/c1-18-11(5-13)12(17)15-9-6-14-16(7-9)8-10-3-2-4-19-10/h6-7,10-11H,2-5,8,13H2,1H3,(H,15,17). The lowest BCUT2D eigenvalue weighted by atomic mass is 10.2. The average Bonchev–Trinajstić information content (AvgIpc) is 3.03. The van der Waals surface area contributed by atoms with Crippen molar-refractivity contribution >= 4 is 11.6 Å². The van der Waals surface area contributed by atoms with Crippen molar-refractivity contribution in [3.8, 4) is 0 Å². The van der Waals surface area contributed by atoms with Crippen LogP contribution in [-0.4, -0.2) is 48.2 Å². The van der Waals surface area contributed by atoms with Crippen molar-refractivity contribution in [2.24, 2.45) is 5.73 Å². The molecule has 0 bridgehead atoms. The van der Waals surface area contributed by atoms with Crippen LogP contribution in [0.1, 0.15) is 12.8 Å². The Bertz CT molecular complexity index is 411. The predicted octanol–water partition coefficient (Wildman–Crippen LogP) is -0.0257. The lowest BCUT2D eigenvalue weighted by Crippen LogP contribution is -2.35. The van der Waals surface area contributed by atoms with Gasteiger partial charge in [-0.15, -0.1) is 0 Å². The summed E-state index contributed by atoms with van der Waals surface area (Å²) < 4.78 is 12.3. The summed E-state index contributed by atoms with van der Waals surface area (Å²) in [7, 11) is 1.46. The van der Waals surface area contributed by atoms with Gasteiger partial charge in [0, 0.05) is 26.5 Å². The summed E-state index contributed by atoms with van der Waals surface area (Å²) in [5, 5.41) is 6.91. The van der Waals surface area contributed by atoms with Crippen LogP contribution < -0.4 is 11.1 Å². The van der Waals surface area contributed by atoms with Gasteiger partial charge in [-0.1, -0.05) is 0 Å². The first kappa shape index (κ1) is 14.0. The lowest BCUT2D eigenvalue weighted by molar-refractivity contribution is -0.125. The highest BCUT2D eigenvalue weighted by Gasteiger charge is 2.18. The molecular weight excluding hydrogens is 248 g/mol. The molecule has 1 fully saturated rings. The number of carbonyl (C=O) groups is 1. The molecule has 0 spiro atoms. The van der Waals surface area contributed by atoms with E-state index in [0.29, 0.717) is 12.2 Å². The number of nitrogens with one attached hydrogen (secondary N) is 1. The number of aromatic nitrogens is 2. The zero-order chi connectivity index (χ0) is 13.7. The molecule has 2 rings (SSSR count). The Morgan fingerprint density at radius 1 is 1.79 bits per heavy atom. The minimum atomic E-state index is -0.637. The van der Waals surface area contributed by atoms with Crippen LogP contribution in [0.4, 0.5) is 5.69 Å². The molecule has 106 valence electrons. The van der Waals surface area contributed by atoms with Crippen molar-refractivity contribution in [1.82, 2.24) is 9.78 Å². The number of carbonyl (C=O) groups excluding carboxylic acids is 1. The summed E-state index contributed by atoms with van der Waals surface area (Å²) in [6.45, 7) is 1.67. The maximum Gasteiger partial charge on any atom is 0.254 e. The second kappa shape index (κ2) is 6.65. The molecule has 2 unspecified atom stereocenters. The molecule has 1 aromatic heterocycles. The van der Waals surface area contributed by atoms with Crippen molar-refractivity contribution in [3.63, 3.8) is 0 Å². The number of rotatable bonds is 6. The van der Waals surface area contributed by atoms with E-state index >= 15 is 0 Å². The molecule has 19 heavy (non-hydrogen) atoms. The third kappa shape index (κ3) is 3.76. The van der Waals surface area contributed by atoms with Gasteiger partial charge in [0.25, 0.3) is 5.91 Å². The van der Waals surface area contributed by atoms with Crippen LogP contribution in [0.5, 0.6) is 0 Å². The minimum absolute atomic E-state index is 0.145. The zero-order valence-electron chi connectivity index (χ0n) is 11.0. The summed E-state index contributed by atoms with van der Waals surface area (Å²) in [5.41, 5.74) is 6.07. The fourth-order valence-electron chi connectivity index (χ4n) is 2.06. The fraction of sp³-hybridized carbons (Fsp3) is 0.667. The van der Waals surface area contributed by atoms with Crippen molar-refractivity contribution in [2.45, 2.75) is 31.6 Å². The largest absolute Gasteiger partial charge is 0.376 e. The summed E-state index contributed by atoms with van der Waals surface area (Å²) in [6, 6.07) is 0. The zero-order valence-corrected chi connectivity index (χ0v) is 11.0. The SMILES string of the molecule is COC(CN)C(=O)Nc1cnn(CC2CCCO2)c1. The van der Waals surface area contributed by atoms with Gasteiger partial charge in [0.15, 0.2) is 0 Å².